The van der Waals surface area contributed by atoms with Crippen molar-refractivity contribution in [2.45, 2.75) is 71.2 Å². The van der Waals surface area contributed by atoms with Crippen LogP contribution in [0.15, 0.2) is 30.9 Å². The first-order chi connectivity index (χ1) is 16.9. The fourth-order valence-corrected chi connectivity index (χ4v) is 6.90. The van der Waals surface area contributed by atoms with Gasteiger partial charge in [0.25, 0.3) is 5.91 Å². The van der Waals surface area contributed by atoms with Crippen molar-refractivity contribution < 1.29 is 29.3 Å². The zero-order valence-corrected chi connectivity index (χ0v) is 22.0. The third kappa shape index (κ3) is 3.52. The van der Waals surface area contributed by atoms with Crippen molar-refractivity contribution in [1.29, 1.82) is 0 Å². The quantitative estimate of drug-likeness (QED) is 0.534. The van der Waals surface area contributed by atoms with Crippen LogP contribution in [-0.2, 0) is 19.1 Å². The van der Waals surface area contributed by atoms with E-state index in [2.05, 4.69) is 6.58 Å². The maximum absolute atomic E-state index is 14.6. The lowest BCUT2D eigenvalue weighted by molar-refractivity contribution is -0.158. The average Bonchev–Trinajstić information content (AvgIpc) is 3.31. The molecule has 2 amide bonds. The molecule has 2 bridgehead atoms. The second kappa shape index (κ2) is 8.99. The van der Waals surface area contributed by atoms with Gasteiger partial charge in [0.1, 0.15) is 17.6 Å². The third-order valence-corrected chi connectivity index (χ3v) is 8.80. The van der Waals surface area contributed by atoms with Gasteiger partial charge in [-0.15, -0.1) is 6.58 Å². The van der Waals surface area contributed by atoms with Crippen LogP contribution in [0.1, 0.15) is 45.2 Å². The monoisotopic (exact) mass is 498 g/mol. The summed E-state index contributed by atoms with van der Waals surface area (Å²) in [5.74, 6) is -4.27. The van der Waals surface area contributed by atoms with E-state index in [-0.39, 0.29) is 30.9 Å². The number of aliphatic hydroxyl groups is 1. The highest BCUT2D eigenvalue weighted by Crippen LogP contribution is 2.65. The molecule has 3 heterocycles. The Morgan fingerprint density at radius 2 is 2.00 bits per heavy atom. The molecule has 0 aliphatic carbocycles. The number of ether oxygens (including phenoxy) is 1. The fourth-order valence-electron chi connectivity index (χ4n) is 6.90. The zero-order chi connectivity index (χ0) is 26.7. The minimum Gasteiger partial charge on any atom is -0.481 e. The molecule has 3 aliphatic heterocycles. The van der Waals surface area contributed by atoms with E-state index >= 15 is 0 Å². The van der Waals surface area contributed by atoms with Gasteiger partial charge in [0.05, 0.1) is 24.2 Å². The van der Waals surface area contributed by atoms with Crippen LogP contribution in [0.5, 0.6) is 0 Å². The summed E-state index contributed by atoms with van der Waals surface area (Å²) in [6.07, 6.45) is 2.03. The Morgan fingerprint density at radius 3 is 2.56 bits per heavy atom. The standard InChI is InChI=1S/C28H38N2O6/c1-8-11-29(19-12-16(4)9-10-17(19)5)25(33)23-28-13-18(6)27(7,36-28)22(26(34)35)21(28)24(32)30(23)20(14-31)15(2)3/h8-10,12,15,18,20-23,31H,1,11,13-14H2,2-7H3,(H,34,35)/t18?,20-,21-,22-,23?,27+,28?/m0/s1. The molecule has 1 aromatic rings. The van der Waals surface area contributed by atoms with Crippen molar-refractivity contribution in [3.63, 3.8) is 0 Å². The predicted molar refractivity (Wildman–Crippen MR) is 135 cm³/mol. The van der Waals surface area contributed by atoms with Gasteiger partial charge in [-0.2, -0.15) is 0 Å². The maximum Gasteiger partial charge on any atom is 0.310 e. The summed E-state index contributed by atoms with van der Waals surface area (Å²) in [5, 5.41) is 20.6. The number of carboxylic acids is 1. The van der Waals surface area contributed by atoms with Crippen LogP contribution in [0.4, 0.5) is 5.69 Å². The number of carboxylic acid groups (broad SMARTS) is 1. The number of aliphatic hydroxyl groups excluding tert-OH is 1. The maximum atomic E-state index is 14.6. The molecule has 2 N–H and O–H groups in total. The minimum atomic E-state index is -1.29. The SMILES string of the molecule is C=CCN(C(=O)C1N([C@@H](CO)C(C)C)C(=O)[C@@H]2[C@@H](C(=O)O)[C@]3(C)OC12CC3C)c1cc(C)ccc1C. The van der Waals surface area contributed by atoms with E-state index in [0.717, 1.165) is 11.1 Å². The number of aryl methyl sites for hydroxylation is 2. The first kappa shape index (κ1) is 26.4. The molecular weight excluding hydrogens is 460 g/mol. The van der Waals surface area contributed by atoms with Gasteiger partial charge >= 0.3 is 5.97 Å². The molecule has 7 atom stereocenters. The number of likely N-dealkylation sites (tertiary alicyclic amines) is 1. The Balaban J connectivity index is 1.92. The Labute approximate surface area is 212 Å². The summed E-state index contributed by atoms with van der Waals surface area (Å²) in [5.41, 5.74) is 0.229. The second-order valence-corrected chi connectivity index (χ2v) is 11.3. The van der Waals surface area contributed by atoms with Crippen LogP contribution in [-0.4, -0.2) is 69.3 Å². The molecule has 8 nitrogen and oxygen atoms in total. The number of nitrogens with zero attached hydrogens (tertiary/aromatic N) is 2. The zero-order valence-electron chi connectivity index (χ0n) is 22.0. The normalized spacial score (nSPS) is 33.7. The van der Waals surface area contributed by atoms with Crippen LogP contribution >= 0.6 is 0 Å². The Hall–Kier alpha value is -2.71. The van der Waals surface area contributed by atoms with Crippen LogP contribution in [0.2, 0.25) is 0 Å². The molecule has 3 unspecified atom stereocenters. The highest BCUT2D eigenvalue weighted by atomic mass is 16.5. The predicted octanol–water partition coefficient (Wildman–Crippen LogP) is 2.93. The summed E-state index contributed by atoms with van der Waals surface area (Å²) in [4.78, 5) is 44.2. The number of aliphatic carboxylic acids is 1. The lowest BCUT2D eigenvalue weighted by Crippen LogP contribution is -2.60. The average molecular weight is 499 g/mol. The van der Waals surface area contributed by atoms with Gasteiger partial charge in [0.2, 0.25) is 5.91 Å². The van der Waals surface area contributed by atoms with E-state index in [1.807, 2.05) is 52.8 Å². The number of hydrogen-bond donors (Lipinski definition) is 2. The van der Waals surface area contributed by atoms with Gasteiger partial charge in [-0.3, -0.25) is 14.4 Å². The van der Waals surface area contributed by atoms with Crippen LogP contribution in [0, 0.1) is 37.5 Å². The number of amides is 2. The van der Waals surface area contributed by atoms with Gasteiger partial charge in [0.15, 0.2) is 0 Å². The summed E-state index contributed by atoms with van der Waals surface area (Å²) in [6.45, 7) is 15.0. The molecule has 3 aliphatic rings. The molecule has 3 saturated heterocycles. The molecule has 8 heteroatoms. The largest absolute Gasteiger partial charge is 0.481 e. The molecule has 3 fully saturated rings. The molecular formula is C28H38N2O6. The van der Waals surface area contributed by atoms with Crippen LogP contribution < -0.4 is 4.90 Å². The molecule has 0 radical (unpaired) electrons. The van der Waals surface area contributed by atoms with Gasteiger partial charge in [-0.1, -0.05) is 39.0 Å². The molecule has 4 rings (SSSR count). The van der Waals surface area contributed by atoms with E-state index in [4.69, 9.17) is 4.74 Å². The topological polar surface area (TPSA) is 107 Å². The Kier molecular flexibility index (Phi) is 6.58. The third-order valence-electron chi connectivity index (χ3n) is 8.80. The van der Waals surface area contributed by atoms with Crippen molar-refractivity contribution in [2.24, 2.45) is 23.7 Å². The molecule has 1 spiro atoms. The number of benzene rings is 1. The highest BCUT2D eigenvalue weighted by Gasteiger charge is 2.80. The van der Waals surface area contributed by atoms with E-state index in [9.17, 15) is 24.6 Å². The second-order valence-electron chi connectivity index (χ2n) is 11.3. The molecule has 0 saturated carbocycles. The van der Waals surface area contributed by atoms with Crippen molar-refractivity contribution in [1.82, 2.24) is 4.90 Å². The molecule has 1 aromatic carbocycles. The van der Waals surface area contributed by atoms with Gasteiger partial charge in [-0.05, 0) is 56.2 Å². The summed E-state index contributed by atoms with van der Waals surface area (Å²) in [6, 6.07) is 4.12. The number of carbonyl (C=O) groups excluding carboxylic acids is 2. The van der Waals surface area contributed by atoms with E-state index in [0.29, 0.717) is 12.1 Å². The summed E-state index contributed by atoms with van der Waals surface area (Å²) >= 11 is 0. The minimum absolute atomic E-state index is 0.161. The highest BCUT2D eigenvalue weighted by molar-refractivity contribution is 6.05. The Morgan fingerprint density at radius 1 is 1.33 bits per heavy atom. The van der Waals surface area contributed by atoms with Crippen molar-refractivity contribution in [3.05, 3.63) is 42.0 Å². The number of fused-ring (bicyclic) bond motifs is 1. The van der Waals surface area contributed by atoms with Crippen LogP contribution in [0.3, 0.4) is 0 Å². The fraction of sp³-hybridized carbons (Fsp3) is 0.607. The summed E-state index contributed by atoms with van der Waals surface area (Å²) in [7, 11) is 0. The number of rotatable bonds is 8. The van der Waals surface area contributed by atoms with E-state index in [1.54, 1.807) is 17.9 Å². The number of anilines is 1. The lowest BCUT2D eigenvalue weighted by atomic mass is 9.62. The van der Waals surface area contributed by atoms with Crippen molar-refractivity contribution in [2.75, 3.05) is 18.1 Å². The van der Waals surface area contributed by atoms with Crippen molar-refractivity contribution >= 4 is 23.5 Å². The van der Waals surface area contributed by atoms with E-state index < -0.39 is 47.0 Å². The first-order valence-corrected chi connectivity index (χ1v) is 12.7. The first-order valence-electron chi connectivity index (χ1n) is 12.7. The lowest BCUT2D eigenvalue weighted by Gasteiger charge is -2.41. The number of carbonyl (C=O) groups is 3. The summed E-state index contributed by atoms with van der Waals surface area (Å²) < 4.78 is 6.59. The van der Waals surface area contributed by atoms with Gasteiger partial charge in [0, 0.05) is 12.2 Å². The van der Waals surface area contributed by atoms with Gasteiger partial charge in [-0.25, -0.2) is 0 Å². The molecule has 36 heavy (non-hydrogen) atoms. The molecule has 0 aromatic heterocycles. The number of hydrogen-bond acceptors (Lipinski definition) is 5. The van der Waals surface area contributed by atoms with Crippen molar-refractivity contribution in [3.8, 4) is 0 Å². The molecule has 196 valence electrons. The smallest absolute Gasteiger partial charge is 0.310 e. The Bertz CT molecular complexity index is 1100. The van der Waals surface area contributed by atoms with Gasteiger partial charge < -0.3 is 24.7 Å². The van der Waals surface area contributed by atoms with Crippen LogP contribution in [0.25, 0.3) is 0 Å². The van der Waals surface area contributed by atoms with E-state index in [1.165, 1.54) is 4.90 Å².